The van der Waals surface area contributed by atoms with Crippen LogP contribution in [0.5, 0.6) is 5.75 Å². The molecule has 0 amide bonds. The van der Waals surface area contributed by atoms with Crippen LogP contribution in [0, 0.1) is 0 Å². The third kappa shape index (κ3) is 3.14. The van der Waals surface area contributed by atoms with E-state index in [2.05, 4.69) is 15.9 Å². The minimum Gasteiger partial charge on any atom is -0.496 e. The van der Waals surface area contributed by atoms with E-state index in [1.807, 2.05) is 12.1 Å². The Bertz CT molecular complexity index is 452. The van der Waals surface area contributed by atoms with E-state index in [9.17, 15) is 5.11 Å². The molecular weight excluding hydrogens is 252 g/mol. The smallest absolute Gasteiger partial charge is 0.123 e. The number of methoxy groups -OCH3 is 1. The lowest BCUT2D eigenvalue weighted by Crippen LogP contribution is -2.46. The van der Waals surface area contributed by atoms with Crippen molar-refractivity contribution in [1.29, 1.82) is 0 Å². The molecule has 3 rings (SSSR count). The number of aliphatic hydroxyl groups excluding tert-OH is 1. The summed E-state index contributed by atoms with van der Waals surface area (Å²) in [4.78, 5) is 5.11. The number of nitrogens with zero attached hydrogens (tertiary/aromatic N) is 2. The maximum Gasteiger partial charge on any atom is 0.123 e. The summed E-state index contributed by atoms with van der Waals surface area (Å²) in [6, 6.07) is 6.82. The largest absolute Gasteiger partial charge is 0.496 e. The molecule has 1 saturated carbocycles. The third-order valence-corrected chi connectivity index (χ3v) is 4.39. The number of hydrogen-bond donors (Lipinski definition) is 1. The Morgan fingerprint density at radius 1 is 1.20 bits per heavy atom. The van der Waals surface area contributed by atoms with E-state index < -0.39 is 0 Å². The molecule has 20 heavy (non-hydrogen) atoms. The standard InChI is InChI=1S/C16H24N2O2/c1-20-16-5-2-13(12-19)10-14(16)11-17-6-8-18(9-7-17)15-3-4-15/h2,5,10,15,19H,3-4,6-9,11-12H2,1H3. The zero-order valence-electron chi connectivity index (χ0n) is 12.2. The number of aliphatic hydroxyl groups is 1. The molecule has 4 nitrogen and oxygen atoms in total. The molecule has 0 spiro atoms. The van der Waals surface area contributed by atoms with Crippen LogP contribution in [0.4, 0.5) is 0 Å². The minimum atomic E-state index is 0.0897. The van der Waals surface area contributed by atoms with Crippen molar-refractivity contribution < 1.29 is 9.84 Å². The van der Waals surface area contributed by atoms with E-state index in [0.717, 1.165) is 37.0 Å². The van der Waals surface area contributed by atoms with E-state index in [1.54, 1.807) is 7.11 Å². The second-order valence-electron chi connectivity index (χ2n) is 5.85. The molecule has 0 bridgehead atoms. The SMILES string of the molecule is COc1ccc(CO)cc1CN1CCN(C2CC2)CC1. The summed E-state index contributed by atoms with van der Waals surface area (Å²) in [6.45, 7) is 5.63. The van der Waals surface area contributed by atoms with E-state index >= 15 is 0 Å². The average Bonchev–Trinajstić information content (AvgIpc) is 3.32. The van der Waals surface area contributed by atoms with Crippen LogP contribution in [0.2, 0.25) is 0 Å². The fourth-order valence-electron chi connectivity index (χ4n) is 3.02. The van der Waals surface area contributed by atoms with Gasteiger partial charge >= 0.3 is 0 Å². The van der Waals surface area contributed by atoms with Crippen molar-refractivity contribution in [3.8, 4) is 5.75 Å². The van der Waals surface area contributed by atoms with Gasteiger partial charge in [0, 0.05) is 44.3 Å². The van der Waals surface area contributed by atoms with Gasteiger partial charge in [-0.1, -0.05) is 6.07 Å². The summed E-state index contributed by atoms with van der Waals surface area (Å²) < 4.78 is 5.44. The van der Waals surface area contributed by atoms with Crippen LogP contribution >= 0.6 is 0 Å². The van der Waals surface area contributed by atoms with Crippen molar-refractivity contribution in [2.24, 2.45) is 0 Å². The summed E-state index contributed by atoms with van der Waals surface area (Å²) in [5.41, 5.74) is 2.14. The number of hydrogen-bond acceptors (Lipinski definition) is 4. The summed E-state index contributed by atoms with van der Waals surface area (Å²) >= 11 is 0. The van der Waals surface area contributed by atoms with Gasteiger partial charge in [-0.05, 0) is 30.5 Å². The molecule has 1 aromatic carbocycles. The van der Waals surface area contributed by atoms with Gasteiger partial charge in [0.1, 0.15) is 5.75 Å². The Balaban J connectivity index is 1.62. The van der Waals surface area contributed by atoms with Gasteiger partial charge < -0.3 is 9.84 Å². The molecular formula is C16H24N2O2. The Hall–Kier alpha value is -1.10. The first kappa shape index (κ1) is 13.9. The van der Waals surface area contributed by atoms with Gasteiger partial charge in [0.25, 0.3) is 0 Å². The molecule has 0 atom stereocenters. The van der Waals surface area contributed by atoms with Crippen LogP contribution in [0.1, 0.15) is 24.0 Å². The molecule has 1 saturated heterocycles. The predicted octanol–water partition coefficient (Wildman–Crippen LogP) is 1.47. The Labute approximate surface area is 120 Å². The lowest BCUT2D eigenvalue weighted by atomic mass is 10.1. The zero-order valence-corrected chi connectivity index (χ0v) is 12.2. The van der Waals surface area contributed by atoms with Gasteiger partial charge in [0.05, 0.1) is 13.7 Å². The Morgan fingerprint density at radius 3 is 2.55 bits per heavy atom. The lowest BCUT2D eigenvalue weighted by molar-refractivity contribution is 0.120. The molecule has 4 heteroatoms. The highest BCUT2D eigenvalue weighted by Crippen LogP contribution is 2.28. The van der Waals surface area contributed by atoms with Gasteiger partial charge in [-0.15, -0.1) is 0 Å². The van der Waals surface area contributed by atoms with E-state index in [0.29, 0.717) is 0 Å². The normalized spacial score (nSPS) is 21.1. The van der Waals surface area contributed by atoms with Crippen molar-refractivity contribution in [1.82, 2.24) is 9.80 Å². The van der Waals surface area contributed by atoms with Crippen molar-refractivity contribution in [3.05, 3.63) is 29.3 Å². The molecule has 1 aliphatic carbocycles. The highest BCUT2D eigenvalue weighted by molar-refractivity contribution is 5.37. The number of benzene rings is 1. The monoisotopic (exact) mass is 276 g/mol. The molecule has 0 aromatic heterocycles. The molecule has 110 valence electrons. The Kier molecular flexibility index (Phi) is 4.24. The Morgan fingerprint density at radius 2 is 1.95 bits per heavy atom. The maximum absolute atomic E-state index is 9.27. The van der Waals surface area contributed by atoms with Crippen LogP contribution in [0.25, 0.3) is 0 Å². The van der Waals surface area contributed by atoms with Gasteiger partial charge in [0.15, 0.2) is 0 Å². The summed E-state index contributed by atoms with van der Waals surface area (Å²) in [7, 11) is 1.71. The van der Waals surface area contributed by atoms with Gasteiger partial charge in [-0.2, -0.15) is 0 Å². The molecule has 1 heterocycles. The summed E-state index contributed by atoms with van der Waals surface area (Å²) in [6.07, 6.45) is 2.79. The highest BCUT2D eigenvalue weighted by atomic mass is 16.5. The zero-order chi connectivity index (χ0) is 13.9. The van der Waals surface area contributed by atoms with E-state index in [4.69, 9.17) is 4.74 Å². The first-order valence-electron chi connectivity index (χ1n) is 7.53. The van der Waals surface area contributed by atoms with E-state index in [-0.39, 0.29) is 6.61 Å². The molecule has 0 radical (unpaired) electrons. The second kappa shape index (κ2) is 6.12. The lowest BCUT2D eigenvalue weighted by Gasteiger charge is -2.35. The van der Waals surface area contributed by atoms with Crippen molar-refractivity contribution in [2.75, 3.05) is 33.3 Å². The molecule has 2 aliphatic rings. The van der Waals surface area contributed by atoms with Gasteiger partial charge in [0.2, 0.25) is 0 Å². The molecule has 1 N–H and O–H groups in total. The third-order valence-electron chi connectivity index (χ3n) is 4.39. The quantitative estimate of drug-likeness (QED) is 0.883. The van der Waals surface area contributed by atoms with Crippen LogP contribution in [-0.2, 0) is 13.2 Å². The van der Waals surface area contributed by atoms with Gasteiger partial charge in [-0.25, -0.2) is 0 Å². The van der Waals surface area contributed by atoms with E-state index in [1.165, 1.54) is 31.5 Å². The number of rotatable bonds is 5. The molecule has 2 fully saturated rings. The minimum absolute atomic E-state index is 0.0897. The topological polar surface area (TPSA) is 35.9 Å². The van der Waals surface area contributed by atoms with Crippen LogP contribution in [0.15, 0.2) is 18.2 Å². The summed E-state index contributed by atoms with van der Waals surface area (Å²) in [5.74, 6) is 0.923. The van der Waals surface area contributed by atoms with Crippen molar-refractivity contribution >= 4 is 0 Å². The maximum atomic E-state index is 9.27. The van der Waals surface area contributed by atoms with Crippen LogP contribution in [-0.4, -0.2) is 54.2 Å². The molecule has 1 aliphatic heterocycles. The second-order valence-corrected chi connectivity index (χ2v) is 5.85. The summed E-state index contributed by atoms with van der Waals surface area (Å²) in [5, 5.41) is 9.27. The average molecular weight is 276 g/mol. The van der Waals surface area contributed by atoms with Crippen LogP contribution < -0.4 is 4.74 Å². The number of ether oxygens (including phenoxy) is 1. The number of piperazine rings is 1. The highest BCUT2D eigenvalue weighted by Gasteiger charge is 2.31. The van der Waals surface area contributed by atoms with Gasteiger partial charge in [-0.3, -0.25) is 9.80 Å². The molecule has 0 unspecified atom stereocenters. The molecule has 1 aromatic rings. The predicted molar refractivity (Wildman–Crippen MR) is 78.8 cm³/mol. The van der Waals surface area contributed by atoms with Crippen molar-refractivity contribution in [2.45, 2.75) is 32.0 Å². The first-order valence-corrected chi connectivity index (χ1v) is 7.53. The van der Waals surface area contributed by atoms with Crippen molar-refractivity contribution in [3.63, 3.8) is 0 Å². The first-order chi connectivity index (χ1) is 9.80. The van der Waals surface area contributed by atoms with Crippen LogP contribution in [0.3, 0.4) is 0 Å². The fraction of sp³-hybridized carbons (Fsp3) is 0.625. The fourth-order valence-corrected chi connectivity index (χ4v) is 3.02.